The molecular formula is C28H23ClF2N8O. The van der Waals surface area contributed by atoms with Crippen LogP contribution in [0.4, 0.5) is 20.3 Å². The number of aromatic nitrogens is 2. The number of benzene rings is 3. The second-order valence-corrected chi connectivity index (χ2v) is 9.56. The van der Waals surface area contributed by atoms with Crippen LogP contribution in [0.1, 0.15) is 17.0 Å². The highest BCUT2D eigenvalue weighted by Crippen LogP contribution is 2.34. The molecule has 2 heterocycles. The van der Waals surface area contributed by atoms with Crippen molar-refractivity contribution in [3.8, 4) is 17.3 Å². The van der Waals surface area contributed by atoms with Crippen molar-refractivity contribution in [1.82, 2.24) is 14.5 Å². The van der Waals surface area contributed by atoms with E-state index in [1.807, 2.05) is 4.57 Å². The van der Waals surface area contributed by atoms with E-state index >= 15 is 0 Å². The predicted molar refractivity (Wildman–Crippen MR) is 145 cm³/mol. The molecule has 0 bridgehead atoms. The Bertz CT molecular complexity index is 1610. The number of nitrogens with zero attached hydrogens (tertiary/aromatic N) is 6. The first-order valence-corrected chi connectivity index (χ1v) is 12.7. The number of anilines is 2. The van der Waals surface area contributed by atoms with Crippen LogP contribution in [0.25, 0.3) is 11.3 Å². The van der Waals surface area contributed by atoms with E-state index in [0.29, 0.717) is 47.2 Å². The first kappa shape index (κ1) is 26.8. The highest BCUT2D eigenvalue weighted by atomic mass is 35.5. The molecule has 1 atom stereocenters. The smallest absolute Gasteiger partial charge is 0.250 e. The molecule has 3 aromatic carbocycles. The van der Waals surface area contributed by atoms with E-state index in [0.717, 1.165) is 5.56 Å². The van der Waals surface area contributed by atoms with Crippen molar-refractivity contribution in [1.29, 1.82) is 5.26 Å². The van der Waals surface area contributed by atoms with Gasteiger partial charge < -0.3 is 20.6 Å². The predicted octanol–water partition coefficient (Wildman–Crippen LogP) is 5.38. The maximum atomic E-state index is 14.2. The average molecular weight is 561 g/mol. The van der Waals surface area contributed by atoms with Gasteiger partial charge in [-0.1, -0.05) is 29.0 Å². The van der Waals surface area contributed by atoms with E-state index in [1.54, 1.807) is 47.4 Å². The number of hydrogen-bond acceptors (Lipinski definition) is 6. The van der Waals surface area contributed by atoms with Gasteiger partial charge in [0.1, 0.15) is 29.0 Å². The molecule has 12 heteroatoms. The van der Waals surface area contributed by atoms with Crippen LogP contribution in [0.15, 0.2) is 77.1 Å². The Hall–Kier alpha value is -4.82. The van der Waals surface area contributed by atoms with Crippen LogP contribution in [-0.2, 0) is 24.3 Å². The Labute approximate surface area is 233 Å². The van der Waals surface area contributed by atoms with Crippen LogP contribution in [0, 0.1) is 23.0 Å². The molecule has 5 rings (SSSR count). The summed E-state index contributed by atoms with van der Waals surface area (Å²) in [5.74, 6) is 5.24. The monoisotopic (exact) mass is 560 g/mol. The summed E-state index contributed by atoms with van der Waals surface area (Å²) in [6.45, 7) is 0.906. The fourth-order valence-electron chi connectivity index (χ4n) is 4.57. The largest absolute Gasteiger partial charge is 0.340 e. The average Bonchev–Trinajstić information content (AvgIpc) is 3.32. The van der Waals surface area contributed by atoms with Crippen molar-refractivity contribution < 1.29 is 13.6 Å². The number of nitrogens with one attached hydrogen (secondary N) is 1. The molecule has 40 heavy (non-hydrogen) atoms. The van der Waals surface area contributed by atoms with Crippen LogP contribution in [-0.4, -0.2) is 32.9 Å². The van der Waals surface area contributed by atoms with Crippen LogP contribution >= 0.6 is 11.6 Å². The minimum absolute atomic E-state index is 0.000959. The first-order chi connectivity index (χ1) is 19.4. The summed E-state index contributed by atoms with van der Waals surface area (Å²) >= 11 is 5.85. The van der Waals surface area contributed by atoms with Gasteiger partial charge in [-0.05, 0) is 60.2 Å². The highest BCUT2D eigenvalue weighted by Gasteiger charge is 2.31. The van der Waals surface area contributed by atoms with Crippen molar-refractivity contribution in [2.45, 2.75) is 25.6 Å². The van der Waals surface area contributed by atoms with Crippen LogP contribution in [0.5, 0.6) is 0 Å². The minimum atomic E-state index is -0.856. The van der Waals surface area contributed by atoms with Gasteiger partial charge in [0, 0.05) is 30.8 Å². The summed E-state index contributed by atoms with van der Waals surface area (Å²) in [7, 11) is 0. The minimum Gasteiger partial charge on any atom is -0.340 e. The molecular weight excluding hydrogens is 538 g/mol. The van der Waals surface area contributed by atoms with Gasteiger partial charge in [0.05, 0.1) is 23.2 Å². The third kappa shape index (κ3) is 5.62. The molecule has 0 unspecified atom stereocenters. The highest BCUT2D eigenvalue weighted by molar-refractivity contribution is 6.30. The summed E-state index contributed by atoms with van der Waals surface area (Å²) in [5, 5.41) is 19.6. The summed E-state index contributed by atoms with van der Waals surface area (Å²) in [6.07, 6.45) is 0.256. The van der Waals surface area contributed by atoms with Crippen molar-refractivity contribution in [3.63, 3.8) is 0 Å². The van der Waals surface area contributed by atoms with Gasteiger partial charge in [-0.25, -0.2) is 13.8 Å². The second-order valence-electron chi connectivity index (χ2n) is 9.16. The van der Waals surface area contributed by atoms with Crippen LogP contribution in [0.2, 0.25) is 5.02 Å². The zero-order valence-electron chi connectivity index (χ0n) is 21.1. The van der Waals surface area contributed by atoms with E-state index in [4.69, 9.17) is 27.7 Å². The van der Waals surface area contributed by atoms with Gasteiger partial charge in [0.25, 0.3) is 0 Å². The third-order valence-corrected chi connectivity index (χ3v) is 6.89. The summed E-state index contributed by atoms with van der Waals surface area (Å²) in [4.78, 5) is 19.9. The van der Waals surface area contributed by atoms with Crippen molar-refractivity contribution in [3.05, 3.63) is 100 Å². The topological polar surface area (TPSA) is 125 Å². The van der Waals surface area contributed by atoms with E-state index in [-0.39, 0.29) is 29.7 Å². The SMILES string of the molecule is N#Cc1ccc(C[C@H](N=NN)C(=O)N2CCn3c(nc(-c4ccc(F)cc4)c3Nc3ccc(Cl)c(F)c3)C2)cc1. The number of amides is 1. The molecule has 9 nitrogen and oxygen atoms in total. The Morgan fingerprint density at radius 1 is 1.12 bits per heavy atom. The lowest BCUT2D eigenvalue weighted by Crippen LogP contribution is -2.44. The maximum absolute atomic E-state index is 14.2. The Kier molecular flexibility index (Phi) is 7.70. The lowest BCUT2D eigenvalue weighted by molar-refractivity contribution is -0.134. The standard InChI is InChI=1S/C28H23ClF2N8O/c29-22-10-9-21(14-23(22)31)34-27-26(19-5-7-20(30)8-6-19)35-25-16-38(11-12-39(25)27)28(40)24(36-37-33)13-17-1-3-18(15-32)4-2-17/h1-10,14,24,34H,11-13,16H2,(H2,33,36)/t24-/m0/s1. The van der Waals surface area contributed by atoms with Gasteiger partial charge in [-0.2, -0.15) is 10.4 Å². The number of hydrogen-bond donors (Lipinski definition) is 2. The van der Waals surface area contributed by atoms with E-state index < -0.39 is 11.9 Å². The summed E-state index contributed by atoms with van der Waals surface area (Å²) < 4.78 is 29.7. The number of nitrogens with two attached hydrogens (primary N) is 1. The molecule has 202 valence electrons. The van der Waals surface area contributed by atoms with E-state index in [2.05, 4.69) is 21.7 Å². The number of imidazole rings is 1. The fourth-order valence-corrected chi connectivity index (χ4v) is 4.69. The van der Waals surface area contributed by atoms with Gasteiger partial charge in [-0.15, -0.1) is 0 Å². The Balaban J connectivity index is 1.44. The molecule has 0 radical (unpaired) electrons. The van der Waals surface area contributed by atoms with Gasteiger partial charge in [-0.3, -0.25) is 4.79 Å². The number of carbonyl (C=O) groups is 1. The number of halogens is 3. The number of carbonyl (C=O) groups excluding carboxylic acids is 1. The fraction of sp³-hybridized carbons (Fsp3) is 0.179. The van der Waals surface area contributed by atoms with Crippen molar-refractivity contribution >= 4 is 29.0 Å². The Morgan fingerprint density at radius 3 is 2.55 bits per heavy atom. The summed E-state index contributed by atoms with van der Waals surface area (Å²) in [6, 6.07) is 18.3. The zero-order valence-corrected chi connectivity index (χ0v) is 21.8. The lowest BCUT2D eigenvalue weighted by atomic mass is 10.0. The number of rotatable bonds is 7. The lowest BCUT2D eigenvalue weighted by Gasteiger charge is -2.30. The molecule has 1 aliphatic rings. The van der Waals surface area contributed by atoms with Crippen LogP contribution in [0.3, 0.4) is 0 Å². The summed E-state index contributed by atoms with van der Waals surface area (Å²) in [5.41, 5.74) is 2.95. The normalized spacial score (nSPS) is 13.6. The molecule has 0 saturated carbocycles. The quantitative estimate of drug-likeness (QED) is 0.178. The molecule has 0 spiro atoms. The third-order valence-electron chi connectivity index (χ3n) is 6.59. The van der Waals surface area contributed by atoms with Gasteiger partial charge in [0.15, 0.2) is 6.04 Å². The second kappa shape index (κ2) is 11.5. The van der Waals surface area contributed by atoms with E-state index in [1.165, 1.54) is 24.3 Å². The molecule has 1 aromatic heterocycles. The number of fused-ring (bicyclic) bond motifs is 1. The van der Waals surface area contributed by atoms with Crippen molar-refractivity contribution in [2.75, 3.05) is 11.9 Å². The molecule has 0 aliphatic carbocycles. The molecule has 0 fully saturated rings. The molecule has 1 amide bonds. The van der Waals surface area contributed by atoms with Gasteiger partial charge >= 0.3 is 0 Å². The van der Waals surface area contributed by atoms with Gasteiger partial charge in [0.2, 0.25) is 5.91 Å². The molecule has 1 aliphatic heterocycles. The van der Waals surface area contributed by atoms with E-state index in [9.17, 15) is 13.6 Å². The van der Waals surface area contributed by atoms with Crippen molar-refractivity contribution in [2.24, 2.45) is 16.2 Å². The molecule has 3 N–H and O–H groups in total. The number of nitriles is 1. The Morgan fingerprint density at radius 2 is 1.88 bits per heavy atom. The maximum Gasteiger partial charge on any atom is 0.250 e. The molecule has 4 aromatic rings. The molecule has 0 saturated heterocycles. The zero-order chi connectivity index (χ0) is 28.2. The first-order valence-electron chi connectivity index (χ1n) is 12.3. The van der Waals surface area contributed by atoms with Crippen LogP contribution < -0.4 is 11.2 Å².